The molecule has 1 atom stereocenters. The van der Waals surface area contributed by atoms with Crippen LogP contribution in [0.3, 0.4) is 0 Å². The van der Waals surface area contributed by atoms with Crippen LogP contribution >= 0.6 is 15.9 Å². The smallest absolute Gasteiger partial charge is 0.139 e. The molecule has 2 N–H and O–H groups in total. The first-order valence-electron chi connectivity index (χ1n) is 4.81. The third-order valence-corrected chi connectivity index (χ3v) is 3.11. The van der Waals surface area contributed by atoms with E-state index in [1.165, 1.54) is 12.1 Å². The Morgan fingerprint density at radius 1 is 1.62 bits per heavy atom. The maximum absolute atomic E-state index is 13.4. The van der Waals surface area contributed by atoms with Gasteiger partial charge < -0.3 is 10.6 Å². The minimum atomic E-state index is -0.361. The molecule has 0 aromatic heterocycles. The van der Waals surface area contributed by atoms with E-state index < -0.39 is 0 Å². The van der Waals surface area contributed by atoms with Gasteiger partial charge in [-0.1, -0.05) is 0 Å². The van der Waals surface area contributed by atoms with Crippen LogP contribution in [0.5, 0.6) is 0 Å². The summed E-state index contributed by atoms with van der Waals surface area (Å²) >= 11 is 3.07. The fourth-order valence-corrected chi connectivity index (χ4v) is 1.72. The van der Waals surface area contributed by atoms with Crippen molar-refractivity contribution in [1.82, 2.24) is 0 Å². The standard InChI is InChI=1S/C11H13BrFN3/c1-7(3-4-14)16(2)11-6-9(13)8(12)5-10(11)15/h5-7H,3,15H2,1-2H3. The van der Waals surface area contributed by atoms with E-state index in [0.717, 1.165) is 0 Å². The molecule has 5 heteroatoms. The number of nitrogens with zero attached hydrogens (tertiary/aromatic N) is 2. The van der Waals surface area contributed by atoms with E-state index in [0.29, 0.717) is 22.3 Å². The lowest BCUT2D eigenvalue weighted by atomic mass is 10.2. The summed E-state index contributed by atoms with van der Waals surface area (Å²) in [5.41, 5.74) is 6.89. The predicted molar refractivity (Wildman–Crippen MR) is 66.6 cm³/mol. The molecular weight excluding hydrogens is 273 g/mol. The zero-order chi connectivity index (χ0) is 12.3. The third-order valence-electron chi connectivity index (χ3n) is 2.50. The maximum atomic E-state index is 13.4. The van der Waals surface area contributed by atoms with Crippen LogP contribution < -0.4 is 10.6 Å². The molecule has 0 aliphatic heterocycles. The van der Waals surface area contributed by atoms with Crippen molar-refractivity contribution in [2.24, 2.45) is 0 Å². The van der Waals surface area contributed by atoms with Gasteiger partial charge in [0.1, 0.15) is 5.82 Å². The number of hydrogen-bond donors (Lipinski definition) is 1. The van der Waals surface area contributed by atoms with Gasteiger partial charge in [0.05, 0.1) is 28.3 Å². The van der Waals surface area contributed by atoms with Crippen molar-refractivity contribution in [2.45, 2.75) is 19.4 Å². The van der Waals surface area contributed by atoms with Crippen LogP contribution in [0, 0.1) is 17.1 Å². The number of hydrogen-bond acceptors (Lipinski definition) is 3. The molecule has 0 radical (unpaired) electrons. The van der Waals surface area contributed by atoms with Gasteiger partial charge in [-0.15, -0.1) is 0 Å². The molecule has 0 aliphatic carbocycles. The second-order valence-electron chi connectivity index (χ2n) is 3.65. The van der Waals surface area contributed by atoms with Crippen molar-refractivity contribution in [3.8, 4) is 6.07 Å². The monoisotopic (exact) mass is 285 g/mol. The SMILES string of the molecule is CC(CC#N)N(C)c1cc(F)c(Br)cc1N. The average Bonchev–Trinajstić information content (AvgIpc) is 2.23. The van der Waals surface area contributed by atoms with Crippen LogP contribution in [-0.4, -0.2) is 13.1 Å². The van der Waals surface area contributed by atoms with Crippen molar-refractivity contribution >= 4 is 27.3 Å². The van der Waals surface area contributed by atoms with E-state index in [-0.39, 0.29) is 11.9 Å². The maximum Gasteiger partial charge on any atom is 0.139 e. The molecule has 16 heavy (non-hydrogen) atoms. The van der Waals surface area contributed by atoms with E-state index in [2.05, 4.69) is 22.0 Å². The minimum absolute atomic E-state index is 0.00660. The molecule has 0 spiro atoms. The van der Waals surface area contributed by atoms with E-state index >= 15 is 0 Å². The van der Waals surface area contributed by atoms with Gasteiger partial charge in [0, 0.05) is 19.2 Å². The van der Waals surface area contributed by atoms with Crippen LogP contribution in [-0.2, 0) is 0 Å². The van der Waals surface area contributed by atoms with Crippen LogP contribution in [0.1, 0.15) is 13.3 Å². The van der Waals surface area contributed by atoms with Crippen LogP contribution in [0.15, 0.2) is 16.6 Å². The van der Waals surface area contributed by atoms with Crippen molar-refractivity contribution < 1.29 is 4.39 Å². The van der Waals surface area contributed by atoms with Gasteiger partial charge in [0.2, 0.25) is 0 Å². The average molecular weight is 286 g/mol. The third kappa shape index (κ3) is 2.64. The summed E-state index contributed by atoms with van der Waals surface area (Å²) in [6.45, 7) is 1.89. The topological polar surface area (TPSA) is 53.0 Å². The van der Waals surface area contributed by atoms with E-state index in [1.54, 1.807) is 11.9 Å². The summed E-state index contributed by atoms with van der Waals surface area (Å²) in [5.74, 6) is -0.361. The van der Waals surface area contributed by atoms with Gasteiger partial charge in [0.15, 0.2) is 0 Å². The normalized spacial score (nSPS) is 11.9. The number of anilines is 2. The van der Waals surface area contributed by atoms with Crippen LogP contribution in [0.4, 0.5) is 15.8 Å². The zero-order valence-corrected chi connectivity index (χ0v) is 10.8. The van der Waals surface area contributed by atoms with Gasteiger partial charge in [-0.3, -0.25) is 0 Å². The van der Waals surface area contributed by atoms with E-state index in [9.17, 15) is 4.39 Å². The molecule has 0 heterocycles. The Kier molecular flexibility index (Phi) is 4.13. The number of nitrogen functional groups attached to an aromatic ring is 1. The molecule has 0 fully saturated rings. The van der Waals surface area contributed by atoms with Gasteiger partial charge in [0.25, 0.3) is 0 Å². The van der Waals surface area contributed by atoms with Gasteiger partial charge in [-0.25, -0.2) is 4.39 Å². The Bertz CT molecular complexity index is 428. The quantitative estimate of drug-likeness (QED) is 0.869. The molecule has 0 amide bonds. The molecule has 1 unspecified atom stereocenters. The van der Waals surface area contributed by atoms with Crippen molar-refractivity contribution in [3.63, 3.8) is 0 Å². The van der Waals surface area contributed by atoms with E-state index in [1.807, 2.05) is 6.92 Å². The highest BCUT2D eigenvalue weighted by Crippen LogP contribution is 2.30. The lowest BCUT2D eigenvalue weighted by Crippen LogP contribution is -2.29. The first-order valence-corrected chi connectivity index (χ1v) is 5.61. The largest absolute Gasteiger partial charge is 0.397 e. The molecule has 0 saturated heterocycles. The Labute approximate surface area is 103 Å². The fraction of sp³-hybridized carbons (Fsp3) is 0.364. The van der Waals surface area contributed by atoms with Crippen LogP contribution in [0.25, 0.3) is 0 Å². The second kappa shape index (κ2) is 5.17. The molecule has 3 nitrogen and oxygen atoms in total. The summed E-state index contributed by atoms with van der Waals surface area (Å²) in [6.07, 6.45) is 0.369. The van der Waals surface area contributed by atoms with Crippen molar-refractivity contribution in [3.05, 3.63) is 22.4 Å². The molecule has 0 bridgehead atoms. The highest BCUT2D eigenvalue weighted by Gasteiger charge is 2.14. The summed E-state index contributed by atoms with van der Waals surface area (Å²) in [6, 6.07) is 4.97. The Morgan fingerprint density at radius 3 is 2.81 bits per heavy atom. The minimum Gasteiger partial charge on any atom is -0.397 e. The number of halogens is 2. The number of nitrogens with two attached hydrogens (primary N) is 1. The summed E-state index contributed by atoms with van der Waals surface area (Å²) in [5, 5.41) is 8.61. The van der Waals surface area contributed by atoms with Crippen molar-refractivity contribution in [2.75, 3.05) is 17.7 Å². The Morgan fingerprint density at radius 2 is 2.25 bits per heavy atom. The number of nitriles is 1. The summed E-state index contributed by atoms with van der Waals surface area (Å²) < 4.78 is 13.7. The molecule has 1 aromatic rings. The van der Waals surface area contributed by atoms with E-state index in [4.69, 9.17) is 11.0 Å². The fourth-order valence-electron chi connectivity index (χ4n) is 1.36. The first-order chi connectivity index (χ1) is 7.47. The summed E-state index contributed by atoms with van der Waals surface area (Å²) in [7, 11) is 1.79. The highest BCUT2D eigenvalue weighted by molar-refractivity contribution is 9.10. The Balaban J connectivity index is 3.04. The zero-order valence-electron chi connectivity index (χ0n) is 9.17. The predicted octanol–water partition coefficient (Wildman–Crippen LogP) is 2.91. The lowest BCUT2D eigenvalue weighted by Gasteiger charge is -2.26. The molecular formula is C11H13BrFN3. The molecule has 86 valence electrons. The van der Waals surface area contributed by atoms with Gasteiger partial charge in [-0.2, -0.15) is 5.26 Å². The molecule has 1 aromatic carbocycles. The van der Waals surface area contributed by atoms with Gasteiger partial charge >= 0.3 is 0 Å². The van der Waals surface area contributed by atoms with Crippen molar-refractivity contribution in [1.29, 1.82) is 5.26 Å². The first kappa shape index (κ1) is 12.8. The highest BCUT2D eigenvalue weighted by atomic mass is 79.9. The molecule has 1 rings (SSSR count). The lowest BCUT2D eigenvalue weighted by molar-refractivity contribution is 0.618. The molecule has 0 aliphatic rings. The number of rotatable bonds is 3. The Hall–Kier alpha value is -1.28. The van der Waals surface area contributed by atoms with Crippen LogP contribution in [0.2, 0.25) is 0 Å². The number of benzene rings is 1. The second-order valence-corrected chi connectivity index (χ2v) is 4.50. The van der Waals surface area contributed by atoms with Gasteiger partial charge in [-0.05, 0) is 28.9 Å². The summed E-state index contributed by atoms with van der Waals surface area (Å²) in [4.78, 5) is 1.80. The molecule has 0 saturated carbocycles.